The van der Waals surface area contributed by atoms with Gasteiger partial charge in [0.1, 0.15) is 22.3 Å². The first kappa shape index (κ1) is 16.1. The molecule has 1 aliphatic heterocycles. The second kappa shape index (κ2) is 6.57. The van der Waals surface area contributed by atoms with Crippen molar-refractivity contribution in [1.82, 2.24) is 15.2 Å². The lowest BCUT2D eigenvalue weighted by atomic mass is 10.1. The normalized spacial score (nSPS) is 12.1. The molecule has 0 amide bonds. The smallest absolute Gasteiger partial charge is 0.225 e. The highest BCUT2D eigenvalue weighted by atomic mass is 32.1. The number of methoxy groups -OCH3 is 1. The molecule has 1 aliphatic carbocycles. The molecule has 0 atom stereocenters. The van der Waals surface area contributed by atoms with E-state index in [1.807, 2.05) is 30.3 Å². The van der Waals surface area contributed by atoms with Crippen LogP contribution in [0.2, 0.25) is 0 Å². The Balaban J connectivity index is 1.83. The highest BCUT2D eigenvalue weighted by Crippen LogP contribution is 2.33. The molecular formula is C19H13N5OS2. The van der Waals surface area contributed by atoms with Crippen LogP contribution in [0.25, 0.3) is 31.6 Å². The zero-order chi connectivity index (χ0) is 18.2. The van der Waals surface area contributed by atoms with Gasteiger partial charge < -0.3 is 4.74 Å². The lowest BCUT2D eigenvalue weighted by molar-refractivity contribution is 0.415. The standard InChI is InChI=1S/C19H13N5OS2/c1-25-12-6-7-14-15(9-12)27-16-8-11-4-2-3-5-13(11)17(18(16)21-14)22-24-19-23-20-10-26-19/h2-10H,1H3,(H,23,24)/b22-17-. The Hall–Kier alpha value is -3.10. The second-order valence-electron chi connectivity index (χ2n) is 5.81. The molecule has 6 nitrogen and oxygen atoms in total. The molecule has 132 valence electrons. The Morgan fingerprint density at radius 2 is 2.04 bits per heavy atom. The maximum absolute atomic E-state index is 5.35. The van der Waals surface area contributed by atoms with Crippen molar-refractivity contribution in [2.75, 3.05) is 12.5 Å². The molecule has 8 heteroatoms. The first-order valence-electron chi connectivity index (χ1n) is 8.18. The lowest BCUT2D eigenvalue weighted by Gasteiger charge is -2.10. The van der Waals surface area contributed by atoms with Crippen LogP contribution < -0.4 is 15.5 Å². The lowest BCUT2D eigenvalue weighted by Crippen LogP contribution is -2.13. The number of ether oxygens (including phenoxy) is 1. The minimum Gasteiger partial charge on any atom is -0.497 e. The van der Waals surface area contributed by atoms with Crippen molar-refractivity contribution in [3.8, 4) is 16.3 Å². The Labute approximate surface area is 162 Å². The number of benzene rings is 3. The number of anilines is 1. The summed E-state index contributed by atoms with van der Waals surface area (Å²) in [5, 5.41) is 16.0. The quantitative estimate of drug-likeness (QED) is 0.366. The highest BCUT2D eigenvalue weighted by Gasteiger charge is 2.14. The van der Waals surface area contributed by atoms with E-state index >= 15 is 0 Å². The van der Waals surface area contributed by atoms with E-state index < -0.39 is 0 Å². The maximum atomic E-state index is 5.35. The molecule has 0 unspecified atom stereocenters. The van der Waals surface area contributed by atoms with E-state index in [2.05, 4.69) is 38.9 Å². The van der Waals surface area contributed by atoms with Crippen LogP contribution in [0.15, 0.2) is 59.1 Å². The zero-order valence-electron chi connectivity index (χ0n) is 14.2. The van der Waals surface area contributed by atoms with E-state index in [-0.39, 0.29) is 0 Å². The van der Waals surface area contributed by atoms with Gasteiger partial charge in [-0.05, 0) is 29.7 Å². The SMILES string of the molecule is COc1ccc2nc3/c(=N\Nc4nncs4)c4ccccc4cc-3sc2c1. The summed E-state index contributed by atoms with van der Waals surface area (Å²) in [5.74, 6) is 0.823. The van der Waals surface area contributed by atoms with Crippen LogP contribution in [-0.4, -0.2) is 22.3 Å². The molecule has 0 radical (unpaired) electrons. The van der Waals surface area contributed by atoms with E-state index in [4.69, 9.17) is 9.72 Å². The topological polar surface area (TPSA) is 72.3 Å². The Morgan fingerprint density at radius 3 is 2.89 bits per heavy atom. The van der Waals surface area contributed by atoms with Crippen LogP contribution in [0.3, 0.4) is 0 Å². The van der Waals surface area contributed by atoms with Gasteiger partial charge in [-0.2, -0.15) is 5.10 Å². The monoisotopic (exact) mass is 391 g/mol. The van der Waals surface area contributed by atoms with Crippen molar-refractivity contribution < 1.29 is 4.74 Å². The molecule has 0 bridgehead atoms. The number of nitrogens with one attached hydrogen (secondary N) is 1. The van der Waals surface area contributed by atoms with Gasteiger partial charge in [0.05, 0.1) is 22.2 Å². The molecule has 2 aromatic carbocycles. The zero-order valence-corrected chi connectivity index (χ0v) is 15.8. The Morgan fingerprint density at radius 1 is 1.11 bits per heavy atom. The molecule has 0 spiro atoms. The highest BCUT2D eigenvalue weighted by molar-refractivity contribution is 7.21. The minimum atomic E-state index is 0.644. The number of rotatable bonds is 3. The summed E-state index contributed by atoms with van der Waals surface area (Å²) in [6.45, 7) is 0. The van der Waals surface area contributed by atoms with E-state index in [0.717, 1.165) is 42.7 Å². The van der Waals surface area contributed by atoms with E-state index in [1.54, 1.807) is 24.0 Å². The van der Waals surface area contributed by atoms with E-state index in [9.17, 15) is 0 Å². The number of fused-ring (bicyclic) bond motifs is 3. The van der Waals surface area contributed by atoms with Crippen molar-refractivity contribution in [2.24, 2.45) is 5.10 Å². The molecule has 27 heavy (non-hydrogen) atoms. The van der Waals surface area contributed by atoms with Gasteiger partial charge in [0.25, 0.3) is 0 Å². The molecule has 1 N–H and O–H groups in total. The van der Waals surface area contributed by atoms with Gasteiger partial charge in [0, 0.05) is 5.39 Å². The van der Waals surface area contributed by atoms with Crippen LogP contribution in [0.5, 0.6) is 5.75 Å². The van der Waals surface area contributed by atoms with Gasteiger partial charge in [-0.3, -0.25) is 5.43 Å². The molecule has 3 aromatic rings. The maximum Gasteiger partial charge on any atom is 0.225 e. The van der Waals surface area contributed by atoms with E-state index in [0.29, 0.717) is 5.13 Å². The van der Waals surface area contributed by atoms with E-state index in [1.165, 1.54) is 11.3 Å². The van der Waals surface area contributed by atoms with Gasteiger partial charge in [-0.1, -0.05) is 35.6 Å². The number of hydrogen-bond acceptors (Lipinski definition) is 8. The average Bonchev–Trinajstić information content (AvgIpc) is 3.23. The summed E-state index contributed by atoms with van der Waals surface area (Å²) in [7, 11) is 1.67. The fourth-order valence-corrected chi connectivity index (χ4v) is 4.39. The van der Waals surface area contributed by atoms with Crippen LogP contribution >= 0.6 is 22.7 Å². The fourth-order valence-electron chi connectivity index (χ4n) is 2.95. The minimum absolute atomic E-state index is 0.644. The van der Waals surface area contributed by atoms with Gasteiger partial charge >= 0.3 is 0 Å². The Kier molecular flexibility index (Phi) is 3.92. The predicted molar refractivity (Wildman–Crippen MR) is 109 cm³/mol. The van der Waals surface area contributed by atoms with Gasteiger partial charge in [-0.15, -0.1) is 21.5 Å². The van der Waals surface area contributed by atoms with Gasteiger partial charge in [-0.25, -0.2) is 4.98 Å². The molecule has 0 saturated carbocycles. The molecule has 2 heterocycles. The third-order valence-electron chi connectivity index (χ3n) is 4.20. The third kappa shape index (κ3) is 2.88. The van der Waals surface area contributed by atoms with Crippen LogP contribution in [0, 0.1) is 0 Å². The second-order valence-corrected chi connectivity index (χ2v) is 7.73. The first-order valence-corrected chi connectivity index (χ1v) is 9.88. The number of hydrogen-bond donors (Lipinski definition) is 1. The summed E-state index contributed by atoms with van der Waals surface area (Å²) in [6.07, 6.45) is 0. The van der Waals surface area contributed by atoms with Crippen molar-refractivity contribution in [3.63, 3.8) is 0 Å². The van der Waals surface area contributed by atoms with Crippen molar-refractivity contribution >= 4 is 48.8 Å². The molecular weight excluding hydrogens is 378 g/mol. The number of aromatic nitrogens is 3. The molecule has 1 aromatic heterocycles. The van der Waals surface area contributed by atoms with Crippen molar-refractivity contribution in [2.45, 2.75) is 0 Å². The molecule has 0 fully saturated rings. The molecule has 5 rings (SSSR count). The van der Waals surface area contributed by atoms with Crippen molar-refractivity contribution in [1.29, 1.82) is 0 Å². The van der Waals surface area contributed by atoms with Crippen molar-refractivity contribution in [3.05, 3.63) is 59.4 Å². The molecule has 0 saturated heterocycles. The number of nitrogens with zero attached hydrogens (tertiary/aromatic N) is 4. The Bertz CT molecular complexity index is 1300. The predicted octanol–water partition coefficient (Wildman–Crippen LogP) is 4.34. The largest absolute Gasteiger partial charge is 0.497 e. The van der Waals surface area contributed by atoms with Gasteiger partial charge in [0.2, 0.25) is 5.13 Å². The van der Waals surface area contributed by atoms with Crippen LogP contribution in [0.4, 0.5) is 5.13 Å². The summed E-state index contributed by atoms with van der Waals surface area (Å²) in [5.41, 5.74) is 6.44. The summed E-state index contributed by atoms with van der Waals surface area (Å²) >= 11 is 3.08. The fraction of sp³-hybridized carbons (Fsp3) is 0.0526. The summed E-state index contributed by atoms with van der Waals surface area (Å²) < 4.78 is 6.42. The third-order valence-corrected chi connectivity index (χ3v) is 5.88. The summed E-state index contributed by atoms with van der Waals surface area (Å²) in [4.78, 5) is 5.95. The summed E-state index contributed by atoms with van der Waals surface area (Å²) in [6, 6.07) is 16.2. The van der Waals surface area contributed by atoms with Crippen LogP contribution in [0.1, 0.15) is 0 Å². The van der Waals surface area contributed by atoms with Crippen LogP contribution in [-0.2, 0) is 0 Å². The first-order chi connectivity index (χ1) is 13.3. The van der Waals surface area contributed by atoms with Gasteiger partial charge in [0.15, 0.2) is 0 Å². The average molecular weight is 391 g/mol. The molecule has 2 aliphatic rings.